The van der Waals surface area contributed by atoms with Gasteiger partial charge < -0.3 is 10.4 Å². The van der Waals surface area contributed by atoms with Gasteiger partial charge in [-0.2, -0.15) is 0 Å². The molecule has 0 radical (unpaired) electrons. The van der Waals surface area contributed by atoms with E-state index < -0.39 is 12.0 Å². The van der Waals surface area contributed by atoms with Crippen LogP contribution in [-0.4, -0.2) is 23.0 Å². The van der Waals surface area contributed by atoms with Crippen LogP contribution in [0, 0.1) is 11.8 Å². The van der Waals surface area contributed by atoms with Crippen LogP contribution in [0.15, 0.2) is 12.2 Å². The normalized spacial score (nSPS) is 13.0. The van der Waals surface area contributed by atoms with Crippen molar-refractivity contribution in [2.45, 2.75) is 72.3 Å². The maximum Gasteiger partial charge on any atom is 0.326 e. The smallest absolute Gasteiger partial charge is 0.326 e. The average Bonchev–Trinajstić information content (AvgIpc) is 2.35. The highest BCUT2D eigenvalue weighted by atomic mass is 16.4. The van der Waals surface area contributed by atoms with Crippen molar-refractivity contribution in [3.8, 4) is 0 Å². The second-order valence-electron chi connectivity index (χ2n) is 6.46. The molecule has 21 heavy (non-hydrogen) atoms. The molecule has 0 aliphatic carbocycles. The van der Waals surface area contributed by atoms with E-state index in [4.69, 9.17) is 5.11 Å². The molecule has 0 aliphatic heterocycles. The first kappa shape index (κ1) is 19.7. The van der Waals surface area contributed by atoms with Crippen LogP contribution in [0.4, 0.5) is 0 Å². The molecule has 0 saturated heterocycles. The summed E-state index contributed by atoms with van der Waals surface area (Å²) in [5.74, 6) is -0.305. The first-order chi connectivity index (χ1) is 9.82. The van der Waals surface area contributed by atoms with E-state index in [1.807, 2.05) is 19.9 Å². The van der Waals surface area contributed by atoms with Crippen molar-refractivity contribution in [1.29, 1.82) is 0 Å². The van der Waals surface area contributed by atoms with E-state index in [2.05, 4.69) is 19.2 Å². The number of carboxylic acid groups (broad SMARTS) is 1. The molecule has 0 bridgehead atoms. The lowest BCUT2D eigenvalue weighted by Crippen LogP contribution is -2.40. The van der Waals surface area contributed by atoms with Crippen molar-refractivity contribution < 1.29 is 14.7 Å². The highest BCUT2D eigenvalue weighted by Crippen LogP contribution is 2.09. The Labute approximate surface area is 129 Å². The third kappa shape index (κ3) is 12.2. The van der Waals surface area contributed by atoms with Gasteiger partial charge in [-0.15, -0.1) is 0 Å². The predicted octanol–water partition coefficient (Wildman–Crippen LogP) is 3.76. The van der Waals surface area contributed by atoms with E-state index in [-0.39, 0.29) is 11.8 Å². The van der Waals surface area contributed by atoms with Crippen LogP contribution in [0.1, 0.15) is 66.2 Å². The van der Waals surface area contributed by atoms with Crippen LogP contribution < -0.4 is 5.32 Å². The third-order valence-corrected chi connectivity index (χ3v) is 3.24. The summed E-state index contributed by atoms with van der Waals surface area (Å²) >= 11 is 0. The van der Waals surface area contributed by atoms with Crippen molar-refractivity contribution in [1.82, 2.24) is 5.32 Å². The molecular weight excluding hydrogens is 266 g/mol. The lowest BCUT2D eigenvalue weighted by molar-refractivity contribution is -0.141. The molecule has 4 heteroatoms. The molecule has 1 atom stereocenters. The van der Waals surface area contributed by atoms with Gasteiger partial charge in [0, 0.05) is 0 Å². The fourth-order valence-electron chi connectivity index (χ4n) is 2.09. The van der Waals surface area contributed by atoms with Gasteiger partial charge in [0.05, 0.1) is 0 Å². The zero-order valence-electron chi connectivity index (χ0n) is 13.9. The zero-order chi connectivity index (χ0) is 16.3. The van der Waals surface area contributed by atoms with Crippen LogP contribution in [0.25, 0.3) is 0 Å². The van der Waals surface area contributed by atoms with Crippen molar-refractivity contribution in [3.63, 3.8) is 0 Å². The number of carbonyl (C=O) groups excluding carboxylic acids is 1. The number of rotatable bonds is 11. The van der Waals surface area contributed by atoms with E-state index >= 15 is 0 Å². The number of carboxylic acids is 1. The number of unbranched alkanes of at least 4 members (excludes halogenated alkanes) is 3. The molecule has 0 fully saturated rings. The van der Waals surface area contributed by atoms with Gasteiger partial charge in [0.15, 0.2) is 0 Å². The molecule has 122 valence electrons. The molecule has 2 N–H and O–H groups in total. The molecule has 0 aromatic carbocycles. The van der Waals surface area contributed by atoms with Crippen LogP contribution >= 0.6 is 0 Å². The number of amides is 1. The lowest BCUT2D eigenvalue weighted by Gasteiger charge is -2.15. The summed E-state index contributed by atoms with van der Waals surface area (Å²) in [5.41, 5.74) is 0. The van der Waals surface area contributed by atoms with Crippen LogP contribution in [0.3, 0.4) is 0 Å². The summed E-state index contributed by atoms with van der Waals surface area (Å²) in [6.07, 6.45) is 9.34. The van der Waals surface area contributed by atoms with Gasteiger partial charge in [-0.25, -0.2) is 4.79 Å². The number of aliphatic carboxylic acids is 1. The van der Waals surface area contributed by atoms with Gasteiger partial charge in [0.25, 0.3) is 0 Å². The van der Waals surface area contributed by atoms with Crippen LogP contribution in [0.2, 0.25) is 0 Å². The minimum absolute atomic E-state index is 0.233. The molecule has 0 unspecified atom stereocenters. The number of hydrogen-bond acceptors (Lipinski definition) is 2. The van der Waals surface area contributed by atoms with Crippen molar-refractivity contribution >= 4 is 11.9 Å². The number of carbonyl (C=O) groups is 2. The van der Waals surface area contributed by atoms with E-state index in [1.165, 1.54) is 25.3 Å². The third-order valence-electron chi connectivity index (χ3n) is 3.24. The van der Waals surface area contributed by atoms with E-state index in [9.17, 15) is 9.59 Å². The molecule has 0 aromatic rings. The summed E-state index contributed by atoms with van der Waals surface area (Å²) in [6, 6.07) is -0.798. The summed E-state index contributed by atoms with van der Waals surface area (Å²) in [6.45, 7) is 8.32. The predicted molar refractivity (Wildman–Crippen MR) is 86.1 cm³/mol. The van der Waals surface area contributed by atoms with E-state index in [0.717, 1.165) is 18.8 Å². The number of hydrogen-bond donors (Lipinski definition) is 2. The fourth-order valence-corrected chi connectivity index (χ4v) is 2.09. The van der Waals surface area contributed by atoms with Gasteiger partial charge in [-0.05, 0) is 37.2 Å². The largest absolute Gasteiger partial charge is 0.480 e. The van der Waals surface area contributed by atoms with Gasteiger partial charge in [-0.1, -0.05) is 53.0 Å². The molecule has 4 nitrogen and oxygen atoms in total. The van der Waals surface area contributed by atoms with Gasteiger partial charge in [-0.3, -0.25) is 4.79 Å². The fraction of sp³-hybridized carbons (Fsp3) is 0.765. The number of allylic oxidation sites excluding steroid dienone is 1. The summed E-state index contributed by atoms with van der Waals surface area (Å²) < 4.78 is 0. The van der Waals surface area contributed by atoms with Gasteiger partial charge >= 0.3 is 5.97 Å². The Morgan fingerprint density at radius 1 is 1.05 bits per heavy atom. The maximum absolute atomic E-state index is 11.7. The topological polar surface area (TPSA) is 66.4 Å². The van der Waals surface area contributed by atoms with E-state index in [1.54, 1.807) is 0 Å². The Balaban J connectivity index is 3.90. The molecule has 0 aromatic heterocycles. The minimum atomic E-state index is -0.973. The molecular formula is C17H31NO3. The van der Waals surface area contributed by atoms with Crippen molar-refractivity contribution in [2.24, 2.45) is 11.8 Å². The molecule has 0 aliphatic rings. The highest BCUT2D eigenvalue weighted by Gasteiger charge is 2.19. The maximum atomic E-state index is 11.7. The SMILES string of the molecule is CC(C)CCCCCC=CC(=O)N[C@@H](CC(C)C)C(=O)O. The van der Waals surface area contributed by atoms with Gasteiger partial charge in [0.1, 0.15) is 6.04 Å². The Kier molecular flexibility index (Phi) is 10.6. The zero-order valence-corrected chi connectivity index (χ0v) is 13.9. The van der Waals surface area contributed by atoms with Crippen LogP contribution in [0.5, 0.6) is 0 Å². The Morgan fingerprint density at radius 3 is 2.24 bits per heavy atom. The van der Waals surface area contributed by atoms with Crippen molar-refractivity contribution in [2.75, 3.05) is 0 Å². The molecule has 0 heterocycles. The summed E-state index contributed by atoms with van der Waals surface area (Å²) in [4.78, 5) is 22.7. The molecule has 0 spiro atoms. The Morgan fingerprint density at radius 2 is 1.71 bits per heavy atom. The molecule has 0 saturated carbocycles. The first-order valence-corrected chi connectivity index (χ1v) is 8.02. The summed E-state index contributed by atoms with van der Waals surface area (Å²) in [7, 11) is 0. The summed E-state index contributed by atoms with van der Waals surface area (Å²) in [5, 5.41) is 11.6. The first-order valence-electron chi connectivity index (χ1n) is 8.02. The van der Waals surface area contributed by atoms with E-state index in [0.29, 0.717) is 6.42 Å². The van der Waals surface area contributed by atoms with Gasteiger partial charge in [0.2, 0.25) is 5.91 Å². The minimum Gasteiger partial charge on any atom is -0.480 e. The molecule has 1 amide bonds. The number of nitrogens with one attached hydrogen (secondary N) is 1. The quantitative estimate of drug-likeness (QED) is 0.451. The monoisotopic (exact) mass is 297 g/mol. The Hall–Kier alpha value is -1.32. The Bertz CT molecular complexity index is 335. The van der Waals surface area contributed by atoms with Crippen LogP contribution in [-0.2, 0) is 9.59 Å². The lowest BCUT2D eigenvalue weighted by atomic mass is 10.0. The average molecular weight is 297 g/mol. The standard InChI is InChI=1S/C17H31NO3/c1-13(2)10-8-6-5-7-9-11-16(19)18-15(17(20)21)12-14(3)4/h9,11,13-15H,5-8,10,12H2,1-4H3,(H,18,19)(H,20,21)/t15-/m0/s1. The molecule has 0 rings (SSSR count). The second-order valence-corrected chi connectivity index (χ2v) is 6.46. The van der Waals surface area contributed by atoms with Crippen molar-refractivity contribution in [3.05, 3.63) is 12.2 Å². The highest BCUT2D eigenvalue weighted by molar-refractivity contribution is 5.91. The second kappa shape index (κ2) is 11.4.